The van der Waals surface area contributed by atoms with Crippen molar-refractivity contribution < 1.29 is 4.39 Å². The van der Waals surface area contributed by atoms with Crippen LogP contribution in [0.5, 0.6) is 0 Å². The number of benzene rings is 2. The summed E-state index contributed by atoms with van der Waals surface area (Å²) in [6.07, 6.45) is 1.58. The van der Waals surface area contributed by atoms with E-state index < -0.39 is 0 Å². The van der Waals surface area contributed by atoms with E-state index in [4.69, 9.17) is 5.84 Å². The SMILES string of the molecule is NNC(Cc1ccc(F)cc1)Cc1ccccc1Br. The van der Waals surface area contributed by atoms with Crippen LogP contribution in [-0.4, -0.2) is 6.04 Å². The first-order valence-corrected chi connectivity index (χ1v) is 6.92. The van der Waals surface area contributed by atoms with E-state index in [1.165, 1.54) is 17.7 Å². The number of halogens is 2. The summed E-state index contributed by atoms with van der Waals surface area (Å²) in [5.74, 6) is 5.39. The van der Waals surface area contributed by atoms with Gasteiger partial charge < -0.3 is 0 Å². The van der Waals surface area contributed by atoms with Crippen molar-refractivity contribution in [1.82, 2.24) is 5.43 Å². The molecule has 0 bridgehead atoms. The van der Waals surface area contributed by atoms with Crippen LogP contribution in [0.1, 0.15) is 11.1 Å². The Morgan fingerprint density at radius 1 is 1.05 bits per heavy atom. The quantitative estimate of drug-likeness (QED) is 0.655. The molecule has 0 aliphatic rings. The van der Waals surface area contributed by atoms with Crippen molar-refractivity contribution >= 4 is 15.9 Å². The molecule has 0 aliphatic heterocycles. The largest absolute Gasteiger partial charge is 0.271 e. The lowest BCUT2D eigenvalue weighted by Gasteiger charge is -2.17. The van der Waals surface area contributed by atoms with Crippen molar-refractivity contribution in [2.24, 2.45) is 5.84 Å². The molecule has 1 atom stereocenters. The van der Waals surface area contributed by atoms with E-state index in [1.807, 2.05) is 18.2 Å². The minimum atomic E-state index is -0.216. The number of rotatable bonds is 5. The first kappa shape index (κ1) is 14.2. The zero-order valence-corrected chi connectivity index (χ0v) is 12.0. The van der Waals surface area contributed by atoms with E-state index >= 15 is 0 Å². The molecule has 0 aromatic heterocycles. The van der Waals surface area contributed by atoms with E-state index in [1.54, 1.807) is 12.1 Å². The molecule has 0 saturated carbocycles. The van der Waals surface area contributed by atoms with Gasteiger partial charge in [-0.1, -0.05) is 46.3 Å². The molecular formula is C15H16BrFN2. The fourth-order valence-corrected chi connectivity index (χ4v) is 2.47. The molecule has 4 heteroatoms. The van der Waals surface area contributed by atoms with Crippen molar-refractivity contribution in [2.45, 2.75) is 18.9 Å². The Balaban J connectivity index is 2.05. The topological polar surface area (TPSA) is 38.0 Å². The third kappa shape index (κ3) is 4.13. The zero-order chi connectivity index (χ0) is 13.7. The summed E-state index contributed by atoms with van der Waals surface area (Å²) in [5, 5.41) is 0. The number of hydrazine groups is 1. The molecule has 0 fully saturated rings. The lowest BCUT2D eigenvalue weighted by Crippen LogP contribution is -2.38. The average molecular weight is 323 g/mol. The third-order valence-electron chi connectivity index (χ3n) is 3.06. The molecule has 19 heavy (non-hydrogen) atoms. The first-order valence-electron chi connectivity index (χ1n) is 6.13. The van der Waals surface area contributed by atoms with Crippen LogP contribution in [0.4, 0.5) is 4.39 Å². The second kappa shape index (κ2) is 6.80. The maximum absolute atomic E-state index is 12.9. The van der Waals surface area contributed by atoms with Crippen LogP contribution in [0.3, 0.4) is 0 Å². The maximum Gasteiger partial charge on any atom is 0.123 e. The number of hydrogen-bond acceptors (Lipinski definition) is 2. The normalized spacial score (nSPS) is 12.4. The predicted molar refractivity (Wildman–Crippen MR) is 79.1 cm³/mol. The molecule has 0 heterocycles. The first-order chi connectivity index (χ1) is 9.19. The number of hydrogen-bond donors (Lipinski definition) is 2. The molecule has 1 unspecified atom stereocenters. The smallest absolute Gasteiger partial charge is 0.123 e. The number of nitrogens with two attached hydrogens (primary N) is 1. The second-order valence-electron chi connectivity index (χ2n) is 4.49. The zero-order valence-electron chi connectivity index (χ0n) is 10.4. The van der Waals surface area contributed by atoms with Crippen LogP contribution in [0.2, 0.25) is 0 Å². The standard InChI is InChI=1S/C15H16BrFN2/c16-15-4-2-1-3-12(15)10-14(19-18)9-11-5-7-13(17)8-6-11/h1-8,14,19H,9-10,18H2. The molecular weight excluding hydrogens is 307 g/mol. The van der Waals surface area contributed by atoms with Crippen LogP contribution < -0.4 is 11.3 Å². The van der Waals surface area contributed by atoms with Gasteiger partial charge >= 0.3 is 0 Å². The average Bonchev–Trinajstić information content (AvgIpc) is 2.43. The fraction of sp³-hybridized carbons (Fsp3) is 0.200. The molecule has 0 saturated heterocycles. The molecule has 0 aliphatic carbocycles. The molecule has 2 aromatic carbocycles. The van der Waals surface area contributed by atoms with E-state index in [0.29, 0.717) is 0 Å². The van der Waals surface area contributed by atoms with Crippen molar-refractivity contribution in [3.8, 4) is 0 Å². The Labute approximate surface area is 120 Å². The summed E-state index contributed by atoms with van der Waals surface area (Å²) in [6, 6.07) is 14.7. The highest BCUT2D eigenvalue weighted by molar-refractivity contribution is 9.10. The Kier molecular flexibility index (Phi) is 5.07. The van der Waals surface area contributed by atoms with Crippen molar-refractivity contribution in [2.75, 3.05) is 0 Å². The van der Waals surface area contributed by atoms with Crippen molar-refractivity contribution in [1.29, 1.82) is 0 Å². The highest BCUT2D eigenvalue weighted by Crippen LogP contribution is 2.18. The fourth-order valence-electron chi connectivity index (χ4n) is 2.02. The van der Waals surface area contributed by atoms with Gasteiger partial charge in [0.05, 0.1) is 0 Å². The molecule has 2 rings (SSSR count). The van der Waals surface area contributed by atoms with Gasteiger partial charge in [-0.15, -0.1) is 0 Å². The Bertz CT molecular complexity index is 528. The lowest BCUT2D eigenvalue weighted by atomic mass is 9.99. The van der Waals surface area contributed by atoms with Gasteiger partial charge in [-0.3, -0.25) is 11.3 Å². The highest BCUT2D eigenvalue weighted by Gasteiger charge is 2.10. The Morgan fingerprint density at radius 2 is 1.74 bits per heavy atom. The van der Waals surface area contributed by atoms with Gasteiger partial charge in [0.15, 0.2) is 0 Å². The van der Waals surface area contributed by atoms with Crippen LogP contribution >= 0.6 is 15.9 Å². The lowest BCUT2D eigenvalue weighted by molar-refractivity contribution is 0.521. The Morgan fingerprint density at radius 3 is 2.37 bits per heavy atom. The molecule has 2 nitrogen and oxygen atoms in total. The summed E-state index contributed by atoms with van der Waals surface area (Å²) >= 11 is 3.53. The molecule has 0 amide bonds. The molecule has 100 valence electrons. The van der Waals surface area contributed by atoms with Gasteiger partial charge in [-0.2, -0.15) is 0 Å². The van der Waals surface area contributed by atoms with E-state index in [-0.39, 0.29) is 11.9 Å². The minimum Gasteiger partial charge on any atom is -0.271 e. The van der Waals surface area contributed by atoms with Crippen LogP contribution in [0.25, 0.3) is 0 Å². The summed E-state index contributed by atoms with van der Waals surface area (Å²) < 4.78 is 13.9. The van der Waals surface area contributed by atoms with Crippen LogP contribution in [-0.2, 0) is 12.8 Å². The summed E-state index contributed by atoms with van der Waals surface area (Å²) in [7, 11) is 0. The van der Waals surface area contributed by atoms with Crippen molar-refractivity contribution in [3.63, 3.8) is 0 Å². The van der Waals surface area contributed by atoms with E-state index in [9.17, 15) is 4.39 Å². The van der Waals surface area contributed by atoms with Gasteiger partial charge in [-0.05, 0) is 42.2 Å². The minimum absolute atomic E-state index is 0.115. The third-order valence-corrected chi connectivity index (χ3v) is 3.83. The van der Waals surface area contributed by atoms with Crippen molar-refractivity contribution in [3.05, 3.63) is 69.9 Å². The van der Waals surface area contributed by atoms with Gasteiger partial charge in [0.25, 0.3) is 0 Å². The molecule has 3 N–H and O–H groups in total. The monoisotopic (exact) mass is 322 g/mol. The van der Waals surface area contributed by atoms with Gasteiger partial charge in [0.1, 0.15) is 5.82 Å². The van der Waals surface area contributed by atoms with Gasteiger partial charge in [0.2, 0.25) is 0 Å². The molecule has 2 aromatic rings. The van der Waals surface area contributed by atoms with E-state index in [2.05, 4.69) is 27.4 Å². The molecule has 0 spiro atoms. The van der Waals surface area contributed by atoms with Crippen LogP contribution in [0, 0.1) is 5.82 Å². The maximum atomic E-state index is 12.9. The van der Waals surface area contributed by atoms with E-state index in [0.717, 1.165) is 22.9 Å². The summed E-state index contributed by atoms with van der Waals surface area (Å²) in [4.78, 5) is 0. The van der Waals surface area contributed by atoms with Crippen LogP contribution in [0.15, 0.2) is 53.0 Å². The predicted octanol–water partition coefficient (Wildman–Crippen LogP) is 3.21. The second-order valence-corrected chi connectivity index (χ2v) is 5.34. The van der Waals surface area contributed by atoms with Gasteiger partial charge in [0, 0.05) is 10.5 Å². The number of nitrogens with one attached hydrogen (secondary N) is 1. The highest BCUT2D eigenvalue weighted by atomic mass is 79.9. The summed E-state index contributed by atoms with van der Waals surface area (Å²) in [5.41, 5.74) is 5.09. The summed E-state index contributed by atoms with van der Waals surface area (Å²) in [6.45, 7) is 0. The molecule has 0 radical (unpaired) electrons. The Hall–Kier alpha value is -1.23. The van der Waals surface area contributed by atoms with Gasteiger partial charge in [-0.25, -0.2) is 4.39 Å².